The highest BCUT2D eigenvalue weighted by Gasteiger charge is 2.21. The number of piperazine rings is 1. The van der Waals surface area contributed by atoms with Crippen LogP contribution in [0.4, 0.5) is 10.8 Å². The number of hydrogen-bond donors (Lipinski definition) is 1. The van der Waals surface area contributed by atoms with E-state index in [2.05, 4.69) is 21.2 Å². The maximum atomic E-state index is 12.5. The average molecular weight is 413 g/mol. The van der Waals surface area contributed by atoms with Crippen molar-refractivity contribution in [1.82, 2.24) is 9.88 Å². The van der Waals surface area contributed by atoms with Crippen molar-refractivity contribution >= 4 is 38.3 Å². The molecule has 0 unspecified atom stereocenters. The largest absolute Gasteiger partial charge is 0.493 e. The van der Waals surface area contributed by atoms with Gasteiger partial charge in [0.2, 0.25) is 5.91 Å². The molecule has 1 saturated heterocycles. The number of ether oxygens (including phenoxy) is 2. The van der Waals surface area contributed by atoms with E-state index in [1.54, 1.807) is 37.7 Å². The van der Waals surface area contributed by atoms with Crippen LogP contribution in [0, 0.1) is 0 Å². The fraction of sp³-hybridized carbons (Fsp3) is 0.333. The first-order chi connectivity index (χ1) is 14.2. The Hall–Kier alpha value is -2.84. The SMILES string of the molecule is COc1ccc(NC(=O)CN2CCN(c3nc4ccccc4s3)CC2)cc1OC. The summed E-state index contributed by atoms with van der Waals surface area (Å²) < 4.78 is 11.7. The highest BCUT2D eigenvalue weighted by molar-refractivity contribution is 7.22. The van der Waals surface area contributed by atoms with E-state index in [0.29, 0.717) is 23.7 Å². The third-order valence-corrected chi connectivity index (χ3v) is 6.06. The summed E-state index contributed by atoms with van der Waals surface area (Å²) in [5, 5.41) is 3.99. The number of carbonyl (C=O) groups is 1. The molecule has 0 radical (unpaired) electrons. The Morgan fingerprint density at radius 1 is 1.07 bits per heavy atom. The molecule has 1 aliphatic heterocycles. The molecular weight excluding hydrogens is 388 g/mol. The molecule has 4 rings (SSSR count). The number of benzene rings is 2. The Morgan fingerprint density at radius 2 is 1.83 bits per heavy atom. The Balaban J connectivity index is 1.30. The van der Waals surface area contributed by atoms with Gasteiger partial charge in [0.15, 0.2) is 16.6 Å². The maximum Gasteiger partial charge on any atom is 0.238 e. The molecule has 0 aliphatic carbocycles. The summed E-state index contributed by atoms with van der Waals surface area (Å²) in [5.41, 5.74) is 1.74. The van der Waals surface area contributed by atoms with Gasteiger partial charge in [-0.1, -0.05) is 23.5 Å². The lowest BCUT2D eigenvalue weighted by molar-refractivity contribution is -0.117. The number of fused-ring (bicyclic) bond motifs is 1. The molecule has 0 spiro atoms. The second-order valence-corrected chi connectivity index (χ2v) is 7.85. The lowest BCUT2D eigenvalue weighted by Crippen LogP contribution is -2.48. The van der Waals surface area contributed by atoms with Gasteiger partial charge in [-0.05, 0) is 24.3 Å². The van der Waals surface area contributed by atoms with Crippen molar-refractivity contribution in [2.45, 2.75) is 0 Å². The van der Waals surface area contributed by atoms with Gasteiger partial charge in [0.25, 0.3) is 0 Å². The molecule has 1 aliphatic rings. The van der Waals surface area contributed by atoms with Crippen LogP contribution in [0.1, 0.15) is 0 Å². The van der Waals surface area contributed by atoms with E-state index < -0.39 is 0 Å². The summed E-state index contributed by atoms with van der Waals surface area (Å²) in [7, 11) is 3.17. The number of anilines is 2. The molecular formula is C21H24N4O3S. The van der Waals surface area contributed by atoms with E-state index in [1.807, 2.05) is 24.3 Å². The summed E-state index contributed by atoms with van der Waals surface area (Å²) in [6, 6.07) is 13.6. The van der Waals surface area contributed by atoms with Crippen molar-refractivity contribution in [2.75, 3.05) is 57.2 Å². The van der Waals surface area contributed by atoms with Crippen molar-refractivity contribution in [3.8, 4) is 11.5 Å². The van der Waals surface area contributed by atoms with Gasteiger partial charge in [-0.3, -0.25) is 9.69 Å². The van der Waals surface area contributed by atoms with Gasteiger partial charge in [-0.25, -0.2) is 4.98 Å². The Morgan fingerprint density at radius 3 is 2.55 bits per heavy atom. The van der Waals surface area contributed by atoms with E-state index in [1.165, 1.54) is 4.70 Å². The van der Waals surface area contributed by atoms with Crippen molar-refractivity contribution in [1.29, 1.82) is 0 Å². The predicted octanol–water partition coefficient (Wildman–Crippen LogP) is 3.07. The van der Waals surface area contributed by atoms with Gasteiger partial charge < -0.3 is 19.7 Å². The molecule has 2 aromatic carbocycles. The van der Waals surface area contributed by atoms with Gasteiger partial charge in [0.1, 0.15) is 0 Å². The minimum atomic E-state index is -0.0364. The molecule has 1 aromatic heterocycles. The quantitative estimate of drug-likeness (QED) is 0.671. The molecule has 1 N–H and O–H groups in total. The fourth-order valence-electron chi connectivity index (χ4n) is 3.41. The lowest BCUT2D eigenvalue weighted by Gasteiger charge is -2.34. The Bertz CT molecular complexity index is 966. The summed E-state index contributed by atoms with van der Waals surface area (Å²) in [6.07, 6.45) is 0. The summed E-state index contributed by atoms with van der Waals surface area (Å²) in [5.74, 6) is 1.19. The second kappa shape index (κ2) is 8.67. The zero-order valence-electron chi connectivity index (χ0n) is 16.6. The van der Waals surface area contributed by atoms with Crippen molar-refractivity contribution in [2.24, 2.45) is 0 Å². The first-order valence-corrected chi connectivity index (χ1v) is 10.3. The number of amides is 1. The van der Waals surface area contributed by atoms with Gasteiger partial charge >= 0.3 is 0 Å². The Labute approximate surface area is 173 Å². The highest BCUT2D eigenvalue weighted by atomic mass is 32.1. The van der Waals surface area contributed by atoms with Gasteiger partial charge in [-0.2, -0.15) is 0 Å². The average Bonchev–Trinajstić information content (AvgIpc) is 3.18. The smallest absolute Gasteiger partial charge is 0.238 e. The predicted molar refractivity (Wildman–Crippen MR) is 116 cm³/mol. The number of carbonyl (C=O) groups excluding carboxylic acids is 1. The molecule has 3 aromatic rings. The molecule has 0 atom stereocenters. The topological polar surface area (TPSA) is 66.9 Å². The molecule has 1 fully saturated rings. The number of nitrogens with zero attached hydrogens (tertiary/aromatic N) is 3. The normalized spacial score (nSPS) is 14.8. The molecule has 152 valence electrons. The second-order valence-electron chi connectivity index (χ2n) is 6.85. The molecule has 8 heteroatoms. The van der Waals surface area contributed by atoms with E-state index >= 15 is 0 Å². The number of para-hydroxylation sites is 1. The number of nitrogens with one attached hydrogen (secondary N) is 1. The molecule has 7 nitrogen and oxygen atoms in total. The minimum Gasteiger partial charge on any atom is -0.493 e. The van der Waals surface area contributed by atoms with Gasteiger partial charge in [0.05, 0.1) is 31.0 Å². The number of rotatable bonds is 6. The van der Waals surface area contributed by atoms with Crippen LogP contribution in [-0.4, -0.2) is 62.7 Å². The van der Waals surface area contributed by atoms with Crippen LogP contribution in [-0.2, 0) is 4.79 Å². The van der Waals surface area contributed by atoms with Crippen LogP contribution >= 0.6 is 11.3 Å². The Kier molecular flexibility index (Phi) is 5.82. The van der Waals surface area contributed by atoms with E-state index in [0.717, 1.165) is 36.8 Å². The number of thiazole rings is 1. The third kappa shape index (κ3) is 4.44. The first kappa shape index (κ1) is 19.5. The van der Waals surface area contributed by atoms with Crippen LogP contribution in [0.25, 0.3) is 10.2 Å². The highest BCUT2D eigenvalue weighted by Crippen LogP contribution is 2.30. The molecule has 2 heterocycles. The first-order valence-electron chi connectivity index (χ1n) is 9.51. The zero-order valence-corrected chi connectivity index (χ0v) is 17.4. The number of aromatic nitrogens is 1. The summed E-state index contributed by atoms with van der Waals surface area (Å²) in [4.78, 5) is 21.7. The molecule has 0 saturated carbocycles. The van der Waals surface area contributed by atoms with Crippen LogP contribution in [0.15, 0.2) is 42.5 Å². The van der Waals surface area contributed by atoms with Gasteiger partial charge in [-0.15, -0.1) is 0 Å². The lowest BCUT2D eigenvalue weighted by atomic mass is 10.2. The van der Waals surface area contributed by atoms with Crippen LogP contribution in [0.5, 0.6) is 11.5 Å². The van der Waals surface area contributed by atoms with E-state index in [4.69, 9.17) is 14.5 Å². The van der Waals surface area contributed by atoms with Gasteiger partial charge in [0, 0.05) is 37.9 Å². The summed E-state index contributed by atoms with van der Waals surface area (Å²) >= 11 is 1.72. The minimum absolute atomic E-state index is 0.0364. The standard InChI is InChI=1S/C21H24N4O3S/c1-27-17-8-7-15(13-18(17)28-2)22-20(26)14-24-9-11-25(12-10-24)21-23-16-5-3-4-6-19(16)29-21/h3-8,13H,9-12,14H2,1-2H3,(H,22,26). The van der Waals surface area contributed by atoms with Crippen LogP contribution in [0.3, 0.4) is 0 Å². The number of methoxy groups -OCH3 is 2. The summed E-state index contributed by atoms with van der Waals surface area (Å²) in [6.45, 7) is 3.75. The zero-order chi connectivity index (χ0) is 20.2. The molecule has 1 amide bonds. The van der Waals surface area contributed by atoms with Crippen molar-refractivity contribution in [3.63, 3.8) is 0 Å². The monoisotopic (exact) mass is 412 g/mol. The molecule has 29 heavy (non-hydrogen) atoms. The van der Waals surface area contributed by atoms with Crippen LogP contribution in [0.2, 0.25) is 0 Å². The van der Waals surface area contributed by atoms with Crippen molar-refractivity contribution in [3.05, 3.63) is 42.5 Å². The number of hydrogen-bond acceptors (Lipinski definition) is 7. The van der Waals surface area contributed by atoms with E-state index in [9.17, 15) is 4.79 Å². The van der Waals surface area contributed by atoms with E-state index in [-0.39, 0.29) is 5.91 Å². The van der Waals surface area contributed by atoms with Crippen molar-refractivity contribution < 1.29 is 14.3 Å². The maximum absolute atomic E-state index is 12.5. The van der Waals surface area contributed by atoms with Crippen LogP contribution < -0.4 is 19.7 Å². The molecule has 0 bridgehead atoms. The third-order valence-electron chi connectivity index (χ3n) is 4.96. The fourth-order valence-corrected chi connectivity index (χ4v) is 4.43.